The van der Waals surface area contributed by atoms with Crippen LogP contribution < -0.4 is 0 Å². The van der Waals surface area contributed by atoms with E-state index in [0.29, 0.717) is 12.0 Å². The highest BCUT2D eigenvalue weighted by molar-refractivity contribution is 5.87. The number of carbonyl (C=O) groups is 4. The molecule has 0 saturated carbocycles. The first-order valence-electron chi connectivity index (χ1n) is 9.60. The summed E-state index contributed by atoms with van der Waals surface area (Å²) in [6.07, 6.45) is -1.08. The number of carbonyl (C=O) groups excluding carboxylic acids is 4. The number of methoxy groups -OCH3 is 1. The summed E-state index contributed by atoms with van der Waals surface area (Å²) in [6.45, 7) is 10.7. The lowest BCUT2D eigenvalue weighted by atomic mass is 9.78. The lowest BCUT2D eigenvalue weighted by Crippen LogP contribution is -2.52. The Labute approximate surface area is 176 Å². The van der Waals surface area contributed by atoms with Crippen LogP contribution in [0.4, 0.5) is 0 Å². The Kier molecular flexibility index (Phi) is 9.55. The summed E-state index contributed by atoms with van der Waals surface area (Å²) in [5, 5.41) is 0. The van der Waals surface area contributed by atoms with Crippen LogP contribution in [0.1, 0.15) is 41.0 Å². The zero-order valence-corrected chi connectivity index (χ0v) is 18.3. The van der Waals surface area contributed by atoms with Crippen LogP contribution in [0.3, 0.4) is 0 Å². The third kappa shape index (κ3) is 6.60. The maximum Gasteiger partial charge on any atom is 0.373 e. The van der Waals surface area contributed by atoms with Gasteiger partial charge in [0.25, 0.3) is 0 Å². The van der Waals surface area contributed by atoms with Crippen molar-refractivity contribution < 1.29 is 42.9 Å². The van der Waals surface area contributed by atoms with Crippen molar-refractivity contribution in [3.63, 3.8) is 0 Å². The Hall–Kier alpha value is -2.84. The summed E-state index contributed by atoms with van der Waals surface area (Å²) < 4.78 is 26.5. The zero-order chi connectivity index (χ0) is 23.0. The van der Waals surface area contributed by atoms with Crippen molar-refractivity contribution in [2.45, 2.75) is 59.4 Å². The second-order valence-electron chi connectivity index (χ2n) is 7.09. The molecule has 168 valence electrons. The van der Waals surface area contributed by atoms with Crippen molar-refractivity contribution in [2.75, 3.05) is 13.7 Å². The summed E-state index contributed by atoms with van der Waals surface area (Å²) in [6, 6.07) is 0. The molecule has 1 aliphatic rings. The average Bonchev–Trinajstić information content (AvgIpc) is 2.66. The van der Waals surface area contributed by atoms with Crippen molar-refractivity contribution in [3.05, 3.63) is 24.0 Å². The first kappa shape index (κ1) is 25.2. The first-order valence-corrected chi connectivity index (χ1v) is 9.60. The van der Waals surface area contributed by atoms with Gasteiger partial charge < -0.3 is 23.7 Å². The SMILES string of the molecule is C=CCC1=C(C(=O)OC)O[C@@H]([C@H](OC(C)=O)[C@@H](COC(C)=O)OC(C)=O)[C@H](C)[C@H]1C. The largest absolute Gasteiger partial charge is 0.479 e. The minimum absolute atomic E-state index is 0.000728. The molecule has 0 bridgehead atoms. The van der Waals surface area contributed by atoms with Crippen LogP contribution in [-0.2, 0) is 42.9 Å². The molecule has 0 aliphatic carbocycles. The summed E-state index contributed by atoms with van der Waals surface area (Å²) in [4.78, 5) is 47.1. The van der Waals surface area contributed by atoms with Gasteiger partial charge in [-0.05, 0) is 17.9 Å². The van der Waals surface area contributed by atoms with Gasteiger partial charge in [0.15, 0.2) is 12.2 Å². The predicted molar refractivity (Wildman–Crippen MR) is 105 cm³/mol. The number of hydrogen-bond acceptors (Lipinski definition) is 9. The van der Waals surface area contributed by atoms with E-state index in [1.165, 1.54) is 27.9 Å². The molecule has 0 amide bonds. The summed E-state index contributed by atoms with van der Waals surface area (Å²) in [7, 11) is 1.23. The molecular formula is C21H30O9. The fraction of sp³-hybridized carbons (Fsp3) is 0.619. The molecule has 9 nitrogen and oxygen atoms in total. The molecule has 0 saturated heterocycles. The molecule has 0 aromatic carbocycles. The zero-order valence-electron chi connectivity index (χ0n) is 18.3. The third-order valence-electron chi connectivity index (χ3n) is 4.90. The smallest absolute Gasteiger partial charge is 0.373 e. The molecule has 30 heavy (non-hydrogen) atoms. The Morgan fingerprint density at radius 1 is 1.07 bits per heavy atom. The van der Waals surface area contributed by atoms with E-state index in [2.05, 4.69) is 6.58 Å². The van der Waals surface area contributed by atoms with Crippen LogP contribution >= 0.6 is 0 Å². The first-order chi connectivity index (χ1) is 14.0. The van der Waals surface area contributed by atoms with Crippen LogP contribution in [0.2, 0.25) is 0 Å². The molecular weight excluding hydrogens is 396 g/mol. The number of esters is 4. The van der Waals surface area contributed by atoms with Gasteiger partial charge in [0.05, 0.1) is 7.11 Å². The van der Waals surface area contributed by atoms with Gasteiger partial charge in [0.2, 0.25) is 5.76 Å². The van der Waals surface area contributed by atoms with E-state index in [-0.39, 0.29) is 24.2 Å². The fourth-order valence-corrected chi connectivity index (χ4v) is 3.35. The van der Waals surface area contributed by atoms with E-state index in [1.807, 2.05) is 13.8 Å². The molecule has 1 heterocycles. The molecule has 1 rings (SSSR count). The summed E-state index contributed by atoms with van der Waals surface area (Å²) in [5.41, 5.74) is 0.700. The van der Waals surface area contributed by atoms with E-state index in [4.69, 9.17) is 23.7 Å². The maximum atomic E-state index is 12.4. The van der Waals surface area contributed by atoms with Gasteiger partial charge in [-0.2, -0.15) is 0 Å². The lowest BCUT2D eigenvalue weighted by Gasteiger charge is -2.41. The average molecular weight is 426 g/mol. The van der Waals surface area contributed by atoms with Crippen LogP contribution in [-0.4, -0.2) is 55.9 Å². The molecule has 0 unspecified atom stereocenters. The van der Waals surface area contributed by atoms with Crippen LogP contribution in [0, 0.1) is 11.8 Å². The quantitative estimate of drug-likeness (QED) is 0.310. The second-order valence-corrected chi connectivity index (χ2v) is 7.09. The summed E-state index contributed by atoms with van der Waals surface area (Å²) >= 11 is 0. The maximum absolute atomic E-state index is 12.4. The van der Waals surface area contributed by atoms with E-state index in [0.717, 1.165) is 0 Å². The van der Waals surface area contributed by atoms with Crippen LogP contribution in [0.25, 0.3) is 0 Å². The highest BCUT2D eigenvalue weighted by atomic mass is 16.6. The molecule has 0 N–H and O–H groups in total. The van der Waals surface area contributed by atoms with Gasteiger partial charge >= 0.3 is 23.9 Å². The third-order valence-corrected chi connectivity index (χ3v) is 4.90. The van der Waals surface area contributed by atoms with Gasteiger partial charge in [0, 0.05) is 26.7 Å². The Balaban J connectivity index is 3.41. The Bertz CT molecular complexity index is 709. The van der Waals surface area contributed by atoms with Gasteiger partial charge in [-0.25, -0.2) is 4.79 Å². The number of ether oxygens (including phenoxy) is 5. The van der Waals surface area contributed by atoms with Crippen molar-refractivity contribution >= 4 is 23.9 Å². The van der Waals surface area contributed by atoms with Gasteiger partial charge in [0.1, 0.15) is 12.7 Å². The molecule has 9 heteroatoms. The number of rotatable bonds is 9. The fourth-order valence-electron chi connectivity index (χ4n) is 3.35. The van der Waals surface area contributed by atoms with Gasteiger partial charge in [-0.15, -0.1) is 6.58 Å². The van der Waals surface area contributed by atoms with Crippen molar-refractivity contribution in [2.24, 2.45) is 11.8 Å². The van der Waals surface area contributed by atoms with E-state index in [1.54, 1.807) is 6.08 Å². The van der Waals surface area contributed by atoms with Gasteiger partial charge in [-0.3, -0.25) is 14.4 Å². The van der Waals surface area contributed by atoms with E-state index < -0.39 is 42.2 Å². The molecule has 0 aromatic rings. The lowest BCUT2D eigenvalue weighted by molar-refractivity contribution is -0.190. The van der Waals surface area contributed by atoms with Crippen molar-refractivity contribution in [1.82, 2.24) is 0 Å². The molecule has 1 aliphatic heterocycles. The van der Waals surface area contributed by atoms with Crippen molar-refractivity contribution in [1.29, 1.82) is 0 Å². The minimum Gasteiger partial charge on any atom is -0.479 e. The number of hydrogen-bond donors (Lipinski definition) is 0. The normalized spacial score (nSPS) is 22.8. The Morgan fingerprint density at radius 3 is 2.13 bits per heavy atom. The molecule has 0 aromatic heterocycles. The molecule has 0 spiro atoms. The van der Waals surface area contributed by atoms with Crippen LogP contribution in [0.15, 0.2) is 24.0 Å². The monoisotopic (exact) mass is 426 g/mol. The highest BCUT2D eigenvalue weighted by Gasteiger charge is 2.46. The van der Waals surface area contributed by atoms with E-state index >= 15 is 0 Å². The molecule has 5 atom stereocenters. The highest BCUT2D eigenvalue weighted by Crippen LogP contribution is 2.39. The van der Waals surface area contributed by atoms with Crippen LogP contribution in [0.5, 0.6) is 0 Å². The van der Waals surface area contributed by atoms with E-state index in [9.17, 15) is 19.2 Å². The molecule has 0 fully saturated rings. The predicted octanol–water partition coefficient (Wildman–Crippen LogP) is 2.09. The second kappa shape index (κ2) is 11.4. The molecule has 0 radical (unpaired) electrons. The summed E-state index contributed by atoms with van der Waals surface area (Å²) in [5.74, 6) is -3.00. The minimum atomic E-state index is -1.13. The topological polar surface area (TPSA) is 114 Å². The Morgan fingerprint density at radius 2 is 1.67 bits per heavy atom. The standard InChI is InChI=1S/C21H30O9/c1-8-9-16-11(2)12(3)18(30-19(16)21(25)26-7)20(29-15(6)24)17(28-14(5)23)10-27-13(4)22/h8,11-12,17-18,20H,1,9-10H2,2-7H3/t11-,12-,17-,18-,20-/m1/s1. The van der Waals surface area contributed by atoms with Crippen molar-refractivity contribution in [3.8, 4) is 0 Å². The number of allylic oxidation sites excluding steroid dienone is 2. The van der Waals surface area contributed by atoms with Gasteiger partial charge in [-0.1, -0.05) is 19.9 Å².